The summed E-state index contributed by atoms with van der Waals surface area (Å²) in [4.78, 5) is 34.7. The van der Waals surface area contributed by atoms with E-state index in [9.17, 15) is 9.59 Å². The molecule has 24 heavy (non-hydrogen) atoms. The third kappa shape index (κ3) is 1.65. The molecule has 0 fully saturated rings. The highest BCUT2D eigenvalue weighted by molar-refractivity contribution is 5.81. The van der Waals surface area contributed by atoms with E-state index in [1.54, 1.807) is 33.4 Å². The van der Waals surface area contributed by atoms with Crippen molar-refractivity contribution < 1.29 is 0 Å². The van der Waals surface area contributed by atoms with Crippen molar-refractivity contribution >= 4 is 21.8 Å². The number of benzene rings is 2. The van der Waals surface area contributed by atoms with Gasteiger partial charge in [0.25, 0.3) is 11.1 Å². The number of nitrogens with zero attached hydrogens (tertiary/aromatic N) is 4. The molecule has 116 valence electrons. The number of aromatic nitrogens is 4. The minimum Gasteiger partial charge on any atom is -0.288 e. The third-order valence-electron chi connectivity index (χ3n) is 4.47. The van der Waals surface area contributed by atoms with Gasteiger partial charge in [-0.25, -0.2) is 9.97 Å². The summed E-state index contributed by atoms with van der Waals surface area (Å²) in [5, 5.41) is 1.16. The van der Waals surface area contributed by atoms with Crippen LogP contribution in [0.3, 0.4) is 0 Å². The first-order valence-corrected chi connectivity index (χ1v) is 7.73. The van der Waals surface area contributed by atoms with Crippen LogP contribution in [0.5, 0.6) is 0 Å². The number of para-hydroxylation sites is 2. The lowest BCUT2D eigenvalue weighted by Gasteiger charge is -2.22. The molecule has 4 aromatic rings. The molecule has 0 bridgehead atoms. The molecule has 0 saturated carbocycles. The molecule has 5 rings (SSSR count). The topological polar surface area (TPSA) is 69.8 Å². The van der Waals surface area contributed by atoms with Crippen LogP contribution in [0.15, 0.2) is 58.1 Å². The molecule has 0 amide bonds. The SMILES string of the molecule is O=c1c2ccccc2nc2n1CCn1c-2nc2ccccc2c1=O. The fourth-order valence-corrected chi connectivity index (χ4v) is 3.29. The summed E-state index contributed by atoms with van der Waals surface area (Å²) < 4.78 is 3.22. The van der Waals surface area contributed by atoms with E-state index in [0.29, 0.717) is 46.5 Å². The minimum atomic E-state index is -0.0933. The standard InChI is InChI=1S/C18H12N4O2/c23-17-11-5-1-3-7-13(11)19-15-16-20-14-8-4-2-6-12(14)18(24)22(16)10-9-21(15)17/h1-8H,9-10H2. The molecule has 0 spiro atoms. The van der Waals surface area contributed by atoms with Crippen LogP contribution in [0.25, 0.3) is 33.5 Å². The lowest BCUT2D eigenvalue weighted by molar-refractivity contribution is 0.520. The van der Waals surface area contributed by atoms with Crippen molar-refractivity contribution in [1.82, 2.24) is 19.1 Å². The van der Waals surface area contributed by atoms with Crippen molar-refractivity contribution in [3.63, 3.8) is 0 Å². The Morgan fingerprint density at radius 3 is 1.54 bits per heavy atom. The van der Waals surface area contributed by atoms with Crippen molar-refractivity contribution in [3.8, 4) is 11.6 Å². The summed E-state index contributed by atoms with van der Waals surface area (Å²) in [5.41, 5.74) is 1.04. The summed E-state index contributed by atoms with van der Waals surface area (Å²) in [6.45, 7) is 0.831. The van der Waals surface area contributed by atoms with Crippen molar-refractivity contribution in [2.75, 3.05) is 0 Å². The average Bonchev–Trinajstić information content (AvgIpc) is 2.62. The highest BCUT2D eigenvalue weighted by atomic mass is 16.1. The maximum Gasteiger partial charge on any atom is 0.261 e. The lowest BCUT2D eigenvalue weighted by Crippen LogP contribution is -2.35. The Morgan fingerprint density at radius 2 is 1.08 bits per heavy atom. The van der Waals surface area contributed by atoms with Gasteiger partial charge in [0.15, 0.2) is 11.6 Å². The molecule has 0 unspecified atom stereocenters. The Labute approximate surface area is 135 Å². The number of fused-ring (bicyclic) bond motifs is 5. The summed E-state index contributed by atoms with van der Waals surface area (Å²) in [6.07, 6.45) is 0. The first kappa shape index (κ1) is 13.2. The van der Waals surface area contributed by atoms with Gasteiger partial charge in [-0.15, -0.1) is 0 Å². The zero-order valence-corrected chi connectivity index (χ0v) is 12.6. The fourth-order valence-electron chi connectivity index (χ4n) is 3.29. The average molecular weight is 316 g/mol. The Hall–Kier alpha value is -3.28. The zero-order valence-electron chi connectivity index (χ0n) is 12.6. The van der Waals surface area contributed by atoms with Gasteiger partial charge in [0.05, 0.1) is 21.8 Å². The smallest absolute Gasteiger partial charge is 0.261 e. The second-order valence-corrected chi connectivity index (χ2v) is 5.82. The van der Waals surface area contributed by atoms with Crippen molar-refractivity contribution in [1.29, 1.82) is 0 Å². The van der Waals surface area contributed by atoms with Crippen LogP contribution in [-0.4, -0.2) is 19.1 Å². The normalized spacial score (nSPS) is 13.0. The molecule has 0 N–H and O–H groups in total. The van der Waals surface area contributed by atoms with Crippen LogP contribution in [0.4, 0.5) is 0 Å². The zero-order chi connectivity index (χ0) is 16.3. The Morgan fingerprint density at radius 1 is 0.667 bits per heavy atom. The van der Waals surface area contributed by atoms with Gasteiger partial charge in [-0.3, -0.25) is 18.7 Å². The third-order valence-corrected chi connectivity index (χ3v) is 4.47. The number of hydrogen-bond acceptors (Lipinski definition) is 4. The quantitative estimate of drug-likeness (QED) is 0.496. The van der Waals surface area contributed by atoms with Crippen LogP contribution in [0.1, 0.15) is 0 Å². The second kappa shape index (κ2) is 4.61. The predicted octanol–water partition coefficient (Wildman–Crippen LogP) is 1.79. The van der Waals surface area contributed by atoms with E-state index < -0.39 is 0 Å². The summed E-state index contributed by atoms with van der Waals surface area (Å²) in [6, 6.07) is 14.5. The molecule has 1 aliphatic rings. The van der Waals surface area contributed by atoms with Crippen LogP contribution >= 0.6 is 0 Å². The van der Waals surface area contributed by atoms with Crippen molar-refractivity contribution in [3.05, 3.63) is 69.2 Å². The van der Waals surface area contributed by atoms with Gasteiger partial charge in [-0.2, -0.15) is 0 Å². The highest BCUT2D eigenvalue weighted by Gasteiger charge is 2.23. The maximum atomic E-state index is 12.7. The molecule has 2 aromatic carbocycles. The molecule has 0 radical (unpaired) electrons. The molecule has 3 heterocycles. The Balaban J connectivity index is 1.94. The van der Waals surface area contributed by atoms with Crippen LogP contribution in [0.2, 0.25) is 0 Å². The van der Waals surface area contributed by atoms with Gasteiger partial charge in [0.1, 0.15) is 0 Å². The summed E-state index contributed by atoms with van der Waals surface area (Å²) in [7, 11) is 0. The highest BCUT2D eigenvalue weighted by Crippen LogP contribution is 2.22. The van der Waals surface area contributed by atoms with E-state index in [-0.39, 0.29) is 11.1 Å². The molecular formula is C18H12N4O2. The second-order valence-electron chi connectivity index (χ2n) is 5.82. The van der Waals surface area contributed by atoms with E-state index in [4.69, 9.17) is 0 Å². The molecule has 1 aliphatic heterocycles. The summed E-state index contributed by atoms with van der Waals surface area (Å²) in [5.74, 6) is 0.903. The van der Waals surface area contributed by atoms with Crippen LogP contribution < -0.4 is 11.1 Å². The first-order chi connectivity index (χ1) is 11.7. The fraction of sp³-hybridized carbons (Fsp3) is 0.111. The van der Waals surface area contributed by atoms with Gasteiger partial charge in [0.2, 0.25) is 0 Å². The Bertz CT molecular complexity index is 1150. The van der Waals surface area contributed by atoms with E-state index in [2.05, 4.69) is 9.97 Å². The number of hydrogen-bond donors (Lipinski definition) is 0. The molecule has 2 aromatic heterocycles. The van der Waals surface area contributed by atoms with E-state index in [1.165, 1.54) is 0 Å². The van der Waals surface area contributed by atoms with E-state index in [1.807, 2.05) is 24.3 Å². The van der Waals surface area contributed by atoms with Gasteiger partial charge in [0, 0.05) is 13.1 Å². The minimum absolute atomic E-state index is 0.0933. The van der Waals surface area contributed by atoms with Crippen LogP contribution in [-0.2, 0) is 13.1 Å². The number of rotatable bonds is 0. The molecular weight excluding hydrogens is 304 g/mol. The molecule has 0 aliphatic carbocycles. The predicted molar refractivity (Wildman–Crippen MR) is 91.0 cm³/mol. The molecule has 0 saturated heterocycles. The summed E-state index contributed by atoms with van der Waals surface area (Å²) >= 11 is 0. The van der Waals surface area contributed by atoms with Crippen LogP contribution in [0, 0.1) is 0 Å². The monoisotopic (exact) mass is 316 g/mol. The van der Waals surface area contributed by atoms with E-state index in [0.717, 1.165) is 0 Å². The van der Waals surface area contributed by atoms with Gasteiger partial charge in [-0.05, 0) is 24.3 Å². The molecule has 0 atom stereocenters. The first-order valence-electron chi connectivity index (χ1n) is 7.73. The molecule has 6 heteroatoms. The largest absolute Gasteiger partial charge is 0.288 e. The van der Waals surface area contributed by atoms with Gasteiger partial charge < -0.3 is 0 Å². The van der Waals surface area contributed by atoms with E-state index >= 15 is 0 Å². The lowest BCUT2D eigenvalue weighted by atomic mass is 10.2. The van der Waals surface area contributed by atoms with Gasteiger partial charge >= 0.3 is 0 Å². The van der Waals surface area contributed by atoms with Crippen molar-refractivity contribution in [2.24, 2.45) is 0 Å². The maximum absolute atomic E-state index is 12.7. The van der Waals surface area contributed by atoms with Gasteiger partial charge in [-0.1, -0.05) is 24.3 Å². The molecule has 6 nitrogen and oxygen atoms in total. The van der Waals surface area contributed by atoms with Crippen molar-refractivity contribution in [2.45, 2.75) is 13.1 Å². The Kier molecular flexibility index (Phi) is 2.53.